The molecule has 0 saturated carbocycles. The molecule has 2 heteroatoms. The van der Waals surface area contributed by atoms with Gasteiger partial charge in [0, 0.05) is 19.0 Å². The van der Waals surface area contributed by atoms with Gasteiger partial charge < -0.3 is 5.11 Å². The highest BCUT2D eigenvalue weighted by atomic mass is 16.2. The molecule has 0 aliphatic rings. The van der Waals surface area contributed by atoms with Crippen LogP contribution in [-0.4, -0.2) is 16.7 Å². The number of nitrogens with zero attached hydrogens (tertiary/aromatic N) is 1. The first-order chi connectivity index (χ1) is 5.75. The molecule has 0 atom stereocenters. The van der Waals surface area contributed by atoms with Gasteiger partial charge in [0.15, 0.2) is 0 Å². The van der Waals surface area contributed by atoms with Crippen molar-refractivity contribution in [2.75, 3.05) is 6.61 Å². The number of hydrogen-bond donors (Lipinski definition) is 1. The fraction of sp³-hybridized carbons (Fsp3) is 0.500. The second kappa shape index (κ2) is 4.21. The number of hydrogen-bond acceptors (Lipinski definition) is 2. The summed E-state index contributed by atoms with van der Waals surface area (Å²) >= 11 is 0. The lowest BCUT2D eigenvalue weighted by atomic mass is 10.0. The molecular weight excluding hydrogens is 150 g/mol. The summed E-state index contributed by atoms with van der Waals surface area (Å²) < 4.78 is 0. The lowest BCUT2D eigenvalue weighted by molar-refractivity contribution is 0.288. The topological polar surface area (TPSA) is 33.1 Å². The molecule has 66 valence electrons. The van der Waals surface area contributed by atoms with Crippen molar-refractivity contribution >= 4 is 0 Å². The number of pyridine rings is 1. The molecule has 0 saturated heterocycles. The molecule has 0 aromatic carbocycles. The van der Waals surface area contributed by atoms with E-state index in [9.17, 15) is 0 Å². The van der Waals surface area contributed by atoms with Gasteiger partial charge in [-0.3, -0.25) is 4.98 Å². The predicted molar refractivity (Wildman–Crippen MR) is 49.1 cm³/mol. The number of aromatic nitrogens is 1. The van der Waals surface area contributed by atoms with E-state index in [2.05, 4.69) is 18.8 Å². The van der Waals surface area contributed by atoms with Gasteiger partial charge in [0.05, 0.1) is 0 Å². The van der Waals surface area contributed by atoms with Gasteiger partial charge in [-0.2, -0.15) is 0 Å². The van der Waals surface area contributed by atoms with Crippen LogP contribution in [0.15, 0.2) is 12.4 Å². The maximum Gasteiger partial charge on any atom is 0.0434 e. The zero-order valence-corrected chi connectivity index (χ0v) is 7.67. The number of rotatable bonds is 3. The van der Waals surface area contributed by atoms with E-state index in [-0.39, 0.29) is 6.61 Å². The molecule has 0 amide bonds. The van der Waals surface area contributed by atoms with Gasteiger partial charge in [-0.15, -0.1) is 0 Å². The SMILES string of the molecule is Cc1cncc(CCCO)c1C. The van der Waals surface area contributed by atoms with E-state index in [1.54, 1.807) is 0 Å². The van der Waals surface area contributed by atoms with Gasteiger partial charge in [-0.1, -0.05) is 0 Å². The lowest BCUT2D eigenvalue weighted by Crippen LogP contribution is -1.95. The fourth-order valence-electron chi connectivity index (χ4n) is 1.21. The summed E-state index contributed by atoms with van der Waals surface area (Å²) in [6, 6.07) is 0. The van der Waals surface area contributed by atoms with Crippen LogP contribution >= 0.6 is 0 Å². The summed E-state index contributed by atoms with van der Waals surface area (Å²) in [4.78, 5) is 4.12. The Bertz CT molecular complexity index is 258. The van der Waals surface area contributed by atoms with Crippen molar-refractivity contribution in [1.29, 1.82) is 0 Å². The Hall–Kier alpha value is -0.890. The molecule has 0 unspecified atom stereocenters. The minimum absolute atomic E-state index is 0.257. The Morgan fingerprint density at radius 3 is 2.75 bits per heavy atom. The highest BCUT2D eigenvalue weighted by Crippen LogP contribution is 2.12. The molecule has 1 heterocycles. The quantitative estimate of drug-likeness (QED) is 0.738. The molecule has 1 rings (SSSR count). The largest absolute Gasteiger partial charge is 0.396 e. The highest BCUT2D eigenvalue weighted by molar-refractivity contribution is 5.29. The van der Waals surface area contributed by atoms with Gasteiger partial charge in [-0.25, -0.2) is 0 Å². The normalized spacial score (nSPS) is 10.2. The van der Waals surface area contributed by atoms with E-state index in [4.69, 9.17) is 5.11 Å². The van der Waals surface area contributed by atoms with Crippen molar-refractivity contribution in [3.63, 3.8) is 0 Å². The van der Waals surface area contributed by atoms with Crippen molar-refractivity contribution in [2.45, 2.75) is 26.7 Å². The summed E-state index contributed by atoms with van der Waals surface area (Å²) in [5, 5.41) is 8.67. The summed E-state index contributed by atoms with van der Waals surface area (Å²) in [6.45, 7) is 4.42. The molecule has 12 heavy (non-hydrogen) atoms. The third kappa shape index (κ3) is 2.05. The van der Waals surface area contributed by atoms with Crippen LogP contribution in [0.4, 0.5) is 0 Å². The smallest absolute Gasteiger partial charge is 0.0434 e. The lowest BCUT2D eigenvalue weighted by Gasteiger charge is -2.05. The highest BCUT2D eigenvalue weighted by Gasteiger charge is 1.99. The van der Waals surface area contributed by atoms with Crippen LogP contribution in [0.1, 0.15) is 23.1 Å². The van der Waals surface area contributed by atoms with Crippen LogP contribution < -0.4 is 0 Å². The van der Waals surface area contributed by atoms with E-state index in [0.717, 1.165) is 12.8 Å². The zero-order chi connectivity index (χ0) is 8.97. The molecule has 0 radical (unpaired) electrons. The Balaban J connectivity index is 2.78. The number of aliphatic hydroxyl groups is 1. The molecular formula is C10H15NO. The summed E-state index contributed by atoms with van der Waals surface area (Å²) in [6.07, 6.45) is 5.51. The van der Waals surface area contributed by atoms with Gasteiger partial charge in [0.1, 0.15) is 0 Å². The van der Waals surface area contributed by atoms with Crippen molar-refractivity contribution in [2.24, 2.45) is 0 Å². The number of aliphatic hydroxyl groups excluding tert-OH is 1. The first-order valence-electron chi connectivity index (χ1n) is 4.26. The van der Waals surface area contributed by atoms with Crippen LogP contribution in [0.2, 0.25) is 0 Å². The maximum absolute atomic E-state index is 8.67. The first kappa shape index (κ1) is 9.20. The first-order valence-corrected chi connectivity index (χ1v) is 4.26. The molecule has 2 nitrogen and oxygen atoms in total. The molecule has 0 bridgehead atoms. The van der Waals surface area contributed by atoms with Gasteiger partial charge in [0.25, 0.3) is 0 Å². The zero-order valence-electron chi connectivity index (χ0n) is 7.67. The van der Waals surface area contributed by atoms with Gasteiger partial charge >= 0.3 is 0 Å². The molecule has 0 fully saturated rings. The van der Waals surface area contributed by atoms with E-state index >= 15 is 0 Å². The molecule has 1 N–H and O–H groups in total. The fourth-order valence-corrected chi connectivity index (χ4v) is 1.21. The van der Waals surface area contributed by atoms with E-state index in [0.29, 0.717) is 0 Å². The van der Waals surface area contributed by atoms with Crippen LogP contribution in [0.3, 0.4) is 0 Å². The van der Waals surface area contributed by atoms with Crippen molar-refractivity contribution < 1.29 is 5.11 Å². The average molecular weight is 165 g/mol. The minimum Gasteiger partial charge on any atom is -0.396 e. The van der Waals surface area contributed by atoms with Crippen LogP contribution in [0, 0.1) is 13.8 Å². The van der Waals surface area contributed by atoms with Crippen molar-refractivity contribution in [3.8, 4) is 0 Å². The standard InChI is InChI=1S/C10H15NO/c1-8-6-11-7-10(9(8)2)4-3-5-12/h6-7,12H,3-5H2,1-2H3. The average Bonchev–Trinajstić information content (AvgIpc) is 2.08. The summed E-state index contributed by atoms with van der Waals surface area (Å²) in [5.74, 6) is 0. The predicted octanol–water partition coefficient (Wildman–Crippen LogP) is 1.62. The minimum atomic E-state index is 0.257. The van der Waals surface area contributed by atoms with Gasteiger partial charge in [0.2, 0.25) is 0 Å². The van der Waals surface area contributed by atoms with E-state index in [1.807, 2.05) is 12.4 Å². The Kier molecular flexibility index (Phi) is 3.23. The van der Waals surface area contributed by atoms with Crippen molar-refractivity contribution in [1.82, 2.24) is 4.98 Å². The molecule has 1 aromatic rings. The maximum atomic E-state index is 8.67. The Labute approximate surface area is 73.3 Å². The summed E-state index contributed by atoms with van der Waals surface area (Å²) in [5.41, 5.74) is 3.79. The third-order valence-electron chi connectivity index (χ3n) is 2.18. The third-order valence-corrected chi connectivity index (χ3v) is 2.18. The monoisotopic (exact) mass is 165 g/mol. The molecule has 0 spiro atoms. The number of aryl methyl sites for hydroxylation is 2. The van der Waals surface area contributed by atoms with Crippen molar-refractivity contribution in [3.05, 3.63) is 29.1 Å². The second-order valence-corrected chi connectivity index (χ2v) is 3.07. The van der Waals surface area contributed by atoms with E-state index in [1.165, 1.54) is 16.7 Å². The van der Waals surface area contributed by atoms with E-state index < -0.39 is 0 Å². The van der Waals surface area contributed by atoms with Gasteiger partial charge in [-0.05, 0) is 43.4 Å². The molecule has 0 aliphatic carbocycles. The van der Waals surface area contributed by atoms with Crippen LogP contribution in [0.5, 0.6) is 0 Å². The van der Waals surface area contributed by atoms with Crippen LogP contribution in [0.25, 0.3) is 0 Å². The van der Waals surface area contributed by atoms with Crippen LogP contribution in [-0.2, 0) is 6.42 Å². The Morgan fingerprint density at radius 2 is 2.08 bits per heavy atom. The Morgan fingerprint density at radius 1 is 1.33 bits per heavy atom. The molecule has 1 aromatic heterocycles. The summed E-state index contributed by atoms with van der Waals surface area (Å²) in [7, 11) is 0. The molecule has 0 aliphatic heterocycles. The second-order valence-electron chi connectivity index (χ2n) is 3.07.